The van der Waals surface area contributed by atoms with E-state index in [0.29, 0.717) is 25.9 Å². The highest BCUT2D eigenvalue weighted by molar-refractivity contribution is 5.84. The molecule has 3 atom stereocenters. The zero-order valence-electron chi connectivity index (χ0n) is 13.4. The predicted octanol–water partition coefficient (Wildman–Crippen LogP) is 2.52. The number of hydrogen-bond acceptors (Lipinski definition) is 5. The van der Waals surface area contributed by atoms with Gasteiger partial charge in [-0.25, -0.2) is 4.89 Å². The van der Waals surface area contributed by atoms with Gasteiger partial charge in [-0.3, -0.25) is 10.1 Å². The lowest BCUT2D eigenvalue weighted by Gasteiger charge is -2.27. The van der Waals surface area contributed by atoms with E-state index in [1.807, 2.05) is 12.1 Å². The van der Waals surface area contributed by atoms with E-state index >= 15 is 0 Å². The Morgan fingerprint density at radius 2 is 2.04 bits per heavy atom. The molecule has 2 fully saturated rings. The van der Waals surface area contributed by atoms with Crippen LogP contribution in [0.5, 0.6) is 0 Å². The molecule has 0 bridgehead atoms. The van der Waals surface area contributed by atoms with Crippen LogP contribution in [0.25, 0.3) is 10.8 Å². The molecule has 2 aromatic carbocycles. The molecule has 2 aliphatic rings. The van der Waals surface area contributed by atoms with E-state index in [-0.39, 0.29) is 18.5 Å². The summed E-state index contributed by atoms with van der Waals surface area (Å²) in [6.07, 6.45) is 1.69. The van der Waals surface area contributed by atoms with Gasteiger partial charge in [-0.2, -0.15) is 0 Å². The summed E-state index contributed by atoms with van der Waals surface area (Å²) >= 11 is 0. The van der Waals surface area contributed by atoms with E-state index < -0.39 is 11.0 Å². The maximum Gasteiger partial charge on any atom is 0.312 e. The summed E-state index contributed by atoms with van der Waals surface area (Å²) in [6, 6.07) is 14.4. The Morgan fingerprint density at radius 3 is 2.83 bits per heavy atom. The SMILES string of the molecule is NC1(COO)CC2COC(=O)C2(Cc2ccc3ccccc3c2)C1. The van der Waals surface area contributed by atoms with Gasteiger partial charge in [0.2, 0.25) is 0 Å². The molecule has 0 radical (unpaired) electrons. The van der Waals surface area contributed by atoms with E-state index in [0.717, 1.165) is 10.9 Å². The fourth-order valence-electron chi connectivity index (χ4n) is 4.54. The van der Waals surface area contributed by atoms with Gasteiger partial charge in [0.1, 0.15) is 0 Å². The molecule has 5 nitrogen and oxygen atoms in total. The molecular weight excluding hydrogens is 306 g/mol. The minimum Gasteiger partial charge on any atom is -0.465 e. The first-order valence-electron chi connectivity index (χ1n) is 8.25. The summed E-state index contributed by atoms with van der Waals surface area (Å²) < 4.78 is 5.36. The lowest BCUT2D eigenvalue weighted by atomic mass is 9.74. The molecule has 1 heterocycles. The summed E-state index contributed by atoms with van der Waals surface area (Å²) in [5.41, 5.74) is 6.16. The Balaban J connectivity index is 1.68. The average Bonchev–Trinajstić information content (AvgIpc) is 3.00. The second-order valence-corrected chi connectivity index (χ2v) is 7.33. The number of benzene rings is 2. The number of rotatable bonds is 4. The number of esters is 1. The Hall–Kier alpha value is -1.95. The highest BCUT2D eigenvalue weighted by Gasteiger charge is 2.61. The first-order chi connectivity index (χ1) is 11.5. The fourth-order valence-corrected chi connectivity index (χ4v) is 4.54. The normalized spacial score (nSPS) is 32.1. The maximum absolute atomic E-state index is 12.6. The summed E-state index contributed by atoms with van der Waals surface area (Å²) in [5.74, 6) is -0.109. The third-order valence-electron chi connectivity index (χ3n) is 5.61. The zero-order chi connectivity index (χ0) is 16.8. The summed E-state index contributed by atoms with van der Waals surface area (Å²) in [4.78, 5) is 16.9. The van der Waals surface area contributed by atoms with Crippen LogP contribution in [0.4, 0.5) is 0 Å². The Kier molecular flexibility index (Phi) is 3.60. The zero-order valence-corrected chi connectivity index (χ0v) is 13.4. The molecule has 0 amide bonds. The molecule has 126 valence electrons. The van der Waals surface area contributed by atoms with Gasteiger partial charge < -0.3 is 10.5 Å². The number of nitrogens with two attached hydrogens (primary N) is 1. The van der Waals surface area contributed by atoms with E-state index in [2.05, 4.69) is 35.2 Å². The van der Waals surface area contributed by atoms with E-state index in [4.69, 9.17) is 15.7 Å². The van der Waals surface area contributed by atoms with Crippen molar-refractivity contribution < 1.29 is 19.7 Å². The van der Waals surface area contributed by atoms with E-state index in [1.165, 1.54) is 5.39 Å². The second-order valence-electron chi connectivity index (χ2n) is 7.33. The highest BCUT2D eigenvalue weighted by atomic mass is 17.1. The van der Waals surface area contributed by atoms with Crippen molar-refractivity contribution in [3.8, 4) is 0 Å². The number of hydrogen-bond donors (Lipinski definition) is 2. The van der Waals surface area contributed by atoms with Crippen molar-refractivity contribution in [2.45, 2.75) is 24.8 Å². The van der Waals surface area contributed by atoms with Crippen molar-refractivity contribution in [1.29, 1.82) is 0 Å². The van der Waals surface area contributed by atoms with Crippen LogP contribution in [0.1, 0.15) is 18.4 Å². The minimum absolute atomic E-state index is 0.0379. The molecule has 5 heteroatoms. The molecule has 4 rings (SSSR count). The molecule has 1 saturated carbocycles. The van der Waals surface area contributed by atoms with Crippen molar-refractivity contribution in [3.63, 3.8) is 0 Å². The third-order valence-corrected chi connectivity index (χ3v) is 5.61. The topological polar surface area (TPSA) is 81.8 Å². The molecular formula is C19H21NO4. The lowest BCUT2D eigenvalue weighted by molar-refractivity contribution is -0.253. The summed E-state index contributed by atoms with van der Waals surface area (Å²) in [6.45, 7) is 0.438. The van der Waals surface area contributed by atoms with Gasteiger partial charge >= 0.3 is 5.97 Å². The smallest absolute Gasteiger partial charge is 0.312 e. The van der Waals surface area contributed by atoms with Crippen LogP contribution in [-0.4, -0.2) is 30.0 Å². The number of ether oxygens (including phenoxy) is 1. The molecule has 1 saturated heterocycles. The lowest BCUT2D eigenvalue weighted by Crippen LogP contribution is -2.44. The van der Waals surface area contributed by atoms with Crippen LogP contribution in [0.3, 0.4) is 0 Å². The van der Waals surface area contributed by atoms with Crippen molar-refractivity contribution in [2.75, 3.05) is 13.2 Å². The van der Waals surface area contributed by atoms with Crippen molar-refractivity contribution in [3.05, 3.63) is 48.0 Å². The standard InChI is InChI=1S/C19H21NO4/c20-18(12-24-22)9-16-10-23-17(21)19(16,11-18)8-13-5-6-14-3-1-2-4-15(14)7-13/h1-7,16,22H,8-12,20H2. The van der Waals surface area contributed by atoms with Crippen molar-refractivity contribution in [1.82, 2.24) is 0 Å². The van der Waals surface area contributed by atoms with Gasteiger partial charge in [0.15, 0.2) is 0 Å². The van der Waals surface area contributed by atoms with Gasteiger partial charge in [-0.05, 0) is 35.6 Å². The molecule has 0 spiro atoms. The maximum atomic E-state index is 12.6. The van der Waals surface area contributed by atoms with Gasteiger partial charge in [-0.1, -0.05) is 42.5 Å². The van der Waals surface area contributed by atoms with Crippen molar-refractivity contribution in [2.24, 2.45) is 17.1 Å². The van der Waals surface area contributed by atoms with Gasteiger partial charge in [0, 0.05) is 11.5 Å². The molecule has 2 aromatic rings. The van der Waals surface area contributed by atoms with Gasteiger partial charge in [0.05, 0.1) is 18.6 Å². The molecule has 24 heavy (non-hydrogen) atoms. The molecule has 1 aliphatic heterocycles. The van der Waals surface area contributed by atoms with Crippen LogP contribution in [0.15, 0.2) is 42.5 Å². The highest BCUT2D eigenvalue weighted by Crippen LogP contribution is 2.54. The monoisotopic (exact) mass is 327 g/mol. The molecule has 3 unspecified atom stereocenters. The van der Waals surface area contributed by atoms with Crippen LogP contribution >= 0.6 is 0 Å². The Bertz CT molecular complexity index is 792. The summed E-state index contributed by atoms with van der Waals surface area (Å²) in [7, 11) is 0. The predicted molar refractivity (Wildman–Crippen MR) is 89.3 cm³/mol. The van der Waals surface area contributed by atoms with Crippen LogP contribution in [0.2, 0.25) is 0 Å². The molecule has 3 N–H and O–H groups in total. The first kappa shape index (κ1) is 15.6. The molecule has 0 aromatic heterocycles. The van der Waals surface area contributed by atoms with Crippen molar-refractivity contribution >= 4 is 16.7 Å². The first-order valence-corrected chi connectivity index (χ1v) is 8.25. The average molecular weight is 327 g/mol. The third kappa shape index (κ3) is 2.40. The summed E-state index contributed by atoms with van der Waals surface area (Å²) in [5, 5.41) is 11.2. The minimum atomic E-state index is -0.685. The quantitative estimate of drug-likeness (QED) is 0.512. The van der Waals surface area contributed by atoms with Crippen LogP contribution < -0.4 is 5.73 Å². The number of carbonyl (C=O) groups excluding carboxylic acids is 1. The Labute approximate surface area is 140 Å². The van der Waals surface area contributed by atoms with E-state index in [1.54, 1.807) is 0 Å². The fraction of sp³-hybridized carbons (Fsp3) is 0.421. The number of cyclic esters (lactones) is 1. The van der Waals surface area contributed by atoms with Gasteiger partial charge in [-0.15, -0.1) is 0 Å². The van der Waals surface area contributed by atoms with Crippen LogP contribution in [-0.2, 0) is 20.8 Å². The largest absolute Gasteiger partial charge is 0.465 e. The Morgan fingerprint density at radius 1 is 1.25 bits per heavy atom. The second kappa shape index (κ2) is 5.55. The van der Waals surface area contributed by atoms with Gasteiger partial charge in [0.25, 0.3) is 0 Å². The van der Waals surface area contributed by atoms with E-state index in [9.17, 15) is 4.79 Å². The molecule has 1 aliphatic carbocycles. The number of carbonyl (C=O) groups is 1. The van der Waals surface area contributed by atoms with Crippen LogP contribution in [0, 0.1) is 11.3 Å². The number of fused-ring (bicyclic) bond motifs is 2.